The lowest BCUT2D eigenvalue weighted by atomic mass is 10.1. The van der Waals surface area contributed by atoms with Crippen LogP contribution < -0.4 is 5.32 Å². The van der Waals surface area contributed by atoms with E-state index in [1.54, 1.807) is 0 Å². The maximum atomic E-state index is 13.6. The molecule has 4 nitrogen and oxygen atoms in total. The zero-order valence-corrected chi connectivity index (χ0v) is 11.4. The molecule has 0 bridgehead atoms. The van der Waals surface area contributed by atoms with E-state index in [-0.39, 0.29) is 17.0 Å². The molecule has 19 heavy (non-hydrogen) atoms. The number of fused-ring (bicyclic) bond motifs is 1. The lowest BCUT2D eigenvalue weighted by molar-refractivity contribution is -0.122. The highest BCUT2D eigenvalue weighted by atomic mass is 35.5. The molecule has 7 heteroatoms. The molecule has 2 aromatic rings. The van der Waals surface area contributed by atoms with Crippen LogP contribution in [-0.2, 0) is 4.79 Å². The molecule has 0 radical (unpaired) electrons. The first-order valence-corrected chi connectivity index (χ1v) is 6.71. The highest BCUT2D eigenvalue weighted by Gasteiger charge is 2.22. The summed E-state index contributed by atoms with van der Waals surface area (Å²) < 4.78 is 16.0. The third-order valence-corrected chi connectivity index (χ3v) is 3.95. The Labute approximate surface area is 118 Å². The number of nitrogens with zero attached hydrogens (tertiary/aromatic N) is 1. The number of hydrogen-bond donors (Lipinski definition) is 2. The number of benzene rings is 1. The van der Waals surface area contributed by atoms with E-state index in [1.165, 1.54) is 12.1 Å². The Morgan fingerprint density at radius 2 is 2.26 bits per heavy atom. The summed E-state index contributed by atoms with van der Waals surface area (Å²) in [4.78, 5) is 14.2. The van der Waals surface area contributed by atoms with Gasteiger partial charge in [-0.1, -0.05) is 11.6 Å². The molecular weight excluding hydrogens is 289 g/mol. The van der Waals surface area contributed by atoms with Gasteiger partial charge in [0.1, 0.15) is 5.82 Å². The van der Waals surface area contributed by atoms with Gasteiger partial charge in [0, 0.05) is 19.0 Å². The van der Waals surface area contributed by atoms with Crippen molar-refractivity contribution < 1.29 is 9.18 Å². The van der Waals surface area contributed by atoms with Crippen LogP contribution in [0, 0.1) is 10.6 Å². The number of aromatic nitrogens is 2. The number of carbonyl (C=O) groups excluding carboxylic acids is 1. The third-order valence-electron chi connectivity index (χ3n) is 3.36. The summed E-state index contributed by atoms with van der Waals surface area (Å²) in [6.45, 7) is 0.504. The quantitative estimate of drug-likeness (QED) is 0.796. The molecule has 0 aliphatic carbocycles. The van der Waals surface area contributed by atoms with E-state index in [0.29, 0.717) is 35.2 Å². The summed E-state index contributed by atoms with van der Waals surface area (Å²) in [6.07, 6.45) is 1.15. The Morgan fingerprint density at radius 1 is 1.47 bits per heavy atom. The number of imidazole rings is 1. The summed E-state index contributed by atoms with van der Waals surface area (Å²) in [5.74, 6) is -0.436. The highest BCUT2D eigenvalue weighted by molar-refractivity contribution is 7.71. The van der Waals surface area contributed by atoms with Crippen molar-refractivity contribution in [2.45, 2.75) is 18.9 Å². The number of nitrogens with one attached hydrogen (secondary N) is 2. The number of H-pyrrole nitrogens is 1. The van der Waals surface area contributed by atoms with Gasteiger partial charge in [0.05, 0.1) is 22.1 Å². The first kappa shape index (κ1) is 12.6. The molecule has 0 saturated carbocycles. The molecule has 2 N–H and O–H groups in total. The standard InChI is InChI=1S/C12H11ClFN3OS/c13-7-3-9-10(4-8(7)14)17(12(19)16-9)6-1-2-11(18)15-5-6/h3-4,6H,1-2,5H2,(H,15,18)(H,16,19). The Bertz CT molecular complexity index is 714. The molecule has 1 unspecified atom stereocenters. The second-order valence-corrected chi connectivity index (χ2v) is 5.37. The molecule has 0 spiro atoms. The van der Waals surface area contributed by atoms with Crippen molar-refractivity contribution in [3.8, 4) is 0 Å². The second kappa shape index (κ2) is 4.61. The molecular formula is C12H11ClFN3OS. The van der Waals surface area contributed by atoms with Crippen LogP contribution >= 0.6 is 23.8 Å². The number of carbonyl (C=O) groups is 1. The van der Waals surface area contributed by atoms with Gasteiger partial charge in [-0.25, -0.2) is 4.39 Å². The minimum Gasteiger partial charge on any atom is -0.354 e. The van der Waals surface area contributed by atoms with Gasteiger partial charge in [0.15, 0.2) is 4.77 Å². The molecule has 2 heterocycles. The second-order valence-electron chi connectivity index (χ2n) is 4.58. The molecule has 3 rings (SSSR count). The SMILES string of the molecule is O=C1CCC(n2c(=S)[nH]c3cc(Cl)c(F)cc32)CN1. The van der Waals surface area contributed by atoms with E-state index >= 15 is 0 Å². The van der Waals surface area contributed by atoms with Crippen LogP contribution in [0.4, 0.5) is 4.39 Å². The van der Waals surface area contributed by atoms with Gasteiger partial charge < -0.3 is 14.9 Å². The summed E-state index contributed by atoms with van der Waals surface area (Å²) >= 11 is 11.0. The maximum absolute atomic E-state index is 13.6. The number of aromatic amines is 1. The van der Waals surface area contributed by atoms with Crippen LogP contribution in [-0.4, -0.2) is 22.0 Å². The van der Waals surface area contributed by atoms with E-state index in [0.717, 1.165) is 0 Å². The summed E-state index contributed by atoms with van der Waals surface area (Å²) in [7, 11) is 0. The van der Waals surface area contributed by atoms with Crippen molar-refractivity contribution in [3.05, 3.63) is 27.7 Å². The molecule has 100 valence electrons. The normalized spacial score (nSPS) is 19.7. The fourth-order valence-corrected chi connectivity index (χ4v) is 2.94. The highest BCUT2D eigenvalue weighted by Crippen LogP contribution is 2.27. The fraction of sp³-hybridized carbons (Fsp3) is 0.333. The smallest absolute Gasteiger partial charge is 0.220 e. The van der Waals surface area contributed by atoms with Crippen LogP contribution in [0.15, 0.2) is 12.1 Å². The van der Waals surface area contributed by atoms with Gasteiger partial charge in [0.2, 0.25) is 5.91 Å². The van der Waals surface area contributed by atoms with Crippen molar-refractivity contribution in [3.63, 3.8) is 0 Å². The van der Waals surface area contributed by atoms with Gasteiger partial charge in [0.25, 0.3) is 0 Å². The first-order chi connectivity index (χ1) is 9.06. The monoisotopic (exact) mass is 299 g/mol. The van der Waals surface area contributed by atoms with Crippen molar-refractivity contribution in [1.29, 1.82) is 0 Å². The Hall–Kier alpha value is -1.40. The van der Waals surface area contributed by atoms with Gasteiger partial charge >= 0.3 is 0 Å². The minimum atomic E-state index is -0.475. The fourth-order valence-electron chi connectivity index (χ4n) is 2.42. The largest absolute Gasteiger partial charge is 0.354 e. The number of piperidine rings is 1. The van der Waals surface area contributed by atoms with Crippen molar-refractivity contribution >= 4 is 40.8 Å². The van der Waals surface area contributed by atoms with Crippen LogP contribution in [0.1, 0.15) is 18.9 Å². The molecule has 1 aromatic carbocycles. The molecule has 1 saturated heterocycles. The van der Waals surface area contributed by atoms with Crippen LogP contribution in [0.25, 0.3) is 11.0 Å². The Balaban J connectivity index is 2.12. The number of rotatable bonds is 1. The van der Waals surface area contributed by atoms with Crippen LogP contribution in [0.5, 0.6) is 0 Å². The lowest BCUT2D eigenvalue weighted by Gasteiger charge is -2.24. The average Bonchev–Trinajstić information content (AvgIpc) is 2.67. The van der Waals surface area contributed by atoms with Crippen molar-refractivity contribution in [2.24, 2.45) is 0 Å². The Kier molecular flexibility index (Phi) is 3.06. The third kappa shape index (κ3) is 2.15. The topological polar surface area (TPSA) is 49.8 Å². The van der Waals surface area contributed by atoms with Gasteiger partial charge in [-0.05, 0) is 24.7 Å². The zero-order valence-electron chi connectivity index (χ0n) is 9.87. The van der Waals surface area contributed by atoms with E-state index in [9.17, 15) is 9.18 Å². The summed E-state index contributed by atoms with van der Waals surface area (Å²) in [5, 5.41) is 2.86. The number of halogens is 2. The molecule has 1 amide bonds. The summed E-state index contributed by atoms with van der Waals surface area (Å²) in [5.41, 5.74) is 1.38. The van der Waals surface area contributed by atoms with Crippen molar-refractivity contribution in [2.75, 3.05) is 6.54 Å². The van der Waals surface area contributed by atoms with Gasteiger partial charge in [-0.3, -0.25) is 4.79 Å². The van der Waals surface area contributed by atoms with E-state index in [4.69, 9.17) is 23.8 Å². The van der Waals surface area contributed by atoms with Gasteiger partial charge in [-0.15, -0.1) is 0 Å². The number of amides is 1. The molecule has 1 atom stereocenters. The molecule has 1 aromatic heterocycles. The zero-order chi connectivity index (χ0) is 13.6. The molecule has 1 aliphatic rings. The molecule has 1 fully saturated rings. The first-order valence-electron chi connectivity index (χ1n) is 5.92. The predicted octanol–water partition coefficient (Wildman–Crippen LogP) is 2.94. The maximum Gasteiger partial charge on any atom is 0.220 e. The predicted molar refractivity (Wildman–Crippen MR) is 73.4 cm³/mol. The van der Waals surface area contributed by atoms with Crippen LogP contribution in [0.2, 0.25) is 5.02 Å². The lowest BCUT2D eigenvalue weighted by Crippen LogP contribution is -2.36. The van der Waals surface area contributed by atoms with E-state index in [2.05, 4.69) is 10.3 Å². The van der Waals surface area contributed by atoms with Gasteiger partial charge in [-0.2, -0.15) is 0 Å². The average molecular weight is 300 g/mol. The Morgan fingerprint density at radius 3 is 2.95 bits per heavy atom. The van der Waals surface area contributed by atoms with Crippen molar-refractivity contribution in [1.82, 2.24) is 14.9 Å². The summed E-state index contributed by atoms with van der Waals surface area (Å²) in [6, 6.07) is 2.94. The molecule has 1 aliphatic heterocycles. The number of hydrogen-bond acceptors (Lipinski definition) is 2. The van der Waals surface area contributed by atoms with E-state index in [1.807, 2.05) is 4.57 Å². The minimum absolute atomic E-state index is 0.0387. The van der Waals surface area contributed by atoms with E-state index < -0.39 is 5.82 Å². The van der Waals surface area contributed by atoms with Crippen LogP contribution in [0.3, 0.4) is 0 Å².